The summed E-state index contributed by atoms with van der Waals surface area (Å²) in [6.45, 7) is 9.79. The average Bonchev–Trinajstić information content (AvgIpc) is 2.70. The van der Waals surface area contributed by atoms with Crippen LogP contribution in [0, 0.1) is 5.41 Å². The highest BCUT2D eigenvalue weighted by Crippen LogP contribution is 2.42. The Morgan fingerprint density at radius 3 is 2.33 bits per heavy atom. The van der Waals surface area contributed by atoms with E-state index in [1.807, 2.05) is 13.8 Å². The lowest BCUT2D eigenvalue weighted by Crippen LogP contribution is -2.38. The van der Waals surface area contributed by atoms with Gasteiger partial charge in [0.1, 0.15) is 0 Å². The molecule has 1 unspecified atom stereocenters. The SMILES string of the molecule is CC.CCC1CC2(CCN(C)CC2)CO1. The summed E-state index contributed by atoms with van der Waals surface area (Å²) in [6, 6.07) is 0. The maximum atomic E-state index is 5.81. The lowest BCUT2D eigenvalue weighted by atomic mass is 9.76. The molecule has 2 saturated heterocycles. The van der Waals surface area contributed by atoms with Crippen molar-refractivity contribution in [2.45, 2.75) is 52.6 Å². The molecular weight excluding hydrogens is 186 g/mol. The van der Waals surface area contributed by atoms with Crippen molar-refractivity contribution in [3.63, 3.8) is 0 Å². The third kappa shape index (κ3) is 3.18. The zero-order valence-electron chi connectivity index (χ0n) is 10.9. The Bertz CT molecular complexity index is 173. The van der Waals surface area contributed by atoms with Crippen LogP contribution in [0.3, 0.4) is 0 Å². The highest BCUT2D eigenvalue weighted by molar-refractivity contribution is 4.91. The van der Waals surface area contributed by atoms with Gasteiger partial charge in [-0.05, 0) is 51.2 Å². The van der Waals surface area contributed by atoms with Gasteiger partial charge in [0.2, 0.25) is 0 Å². The molecule has 2 fully saturated rings. The minimum atomic E-state index is 0.559. The topological polar surface area (TPSA) is 12.5 Å². The lowest BCUT2D eigenvalue weighted by molar-refractivity contribution is 0.0702. The van der Waals surface area contributed by atoms with Crippen LogP contribution in [-0.2, 0) is 4.74 Å². The normalized spacial score (nSPS) is 30.0. The van der Waals surface area contributed by atoms with E-state index in [-0.39, 0.29) is 0 Å². The first kappa shape index (κ1) is 13.0. The van der Waals surface area contributed by atoms with Gasteiger partial charge in [0.05, 0.1) is 12.7 Å². The van der Waals surface area contributed by atoms with Crippen molar-refractivity contribution in [1.29, 1.82) is 0 Å². The monoisotopic (exact) mass is 213 g/mol. The minimum absolute atomic E-state index is 0.559. The molecule has 0 aromatic heterocycles. The number of hydrogen-bond donors (Lipinski definition) is 0. The van der Waals surface area contributed by atoms with Gasteiger partial charge in [-0.25, -0.2) is 0 Å². The summed E-state index contributed by atoms with van der Waals surface area (Å²) < 4.78 is 5.81. The molecule has 1 atom stereocenters. The van der Waals surface area contributed by atoms with Crippen LogP contribution in [0.4, 0.5) is 0 Å². The van der Waals surface area contributed by atoms with Crippen molar-refractivity contribution < 1.29 is 4.74 Å². The first-order valence-electron chi connectivity index (χ1n) is 6.54. The number of ether oxygens (including phenoxy) is 1. The molecule has 15 heavy (non-hydrogen) atoms. The van der Waals surface area contributed by atoms with Crippen LogP contribution in [0.1, 0.15) is 46.5 Å². The summed E-state index contributed by atoms with van der Waals surface area (Å²) in [5, 5.41) is 0. The standard InChI is InChI=1S/C11H21NO.C2H6/c1-3-10-8-11(9-13-10)4-6-12(2)7-5-11;1-2/h10H,3-9H2,1-2H3;1-2H3. The summed E-state index contributed by atoms with van der Waals surface area (Å²) in [6.07, 6.45) is 5.76. The third-order valence-electron chi connectivity index (χ3n) is 3.79. The van der Waals surface area contributed by atoms with Crippen molar-refractivity contribution in [2.75, 3.05) is 26.7 Å². The van der Waals surface area contributed by atoms with Gasteiger partial charge in [-0.2, -0.15) is 0 Å². The fourth-order valence-corrected chi connectivity index (χ4v) is 2.60. The van der Waals surface area contributed by atoms with E-state index in [0.717, 1.165) is 6.61 Å². The molecule has 0 radical (unpaired) electrons. The minimum Gasteiger partial charge on any atom is -0.378 e. The fraction of sp³-hybridized carbons (Fsp3) is 1.00. The molecule has 0 aliphatic carbocycles. The van der Waals surface area contributed by atoms with Gasteiger partial charge in [-0.3, -0.25) is 0 Å². The third-order valence-corrected chi connectivity index (χ3v) is 3.79. The van der Waals surface area contributed by atoms with Crippen LogP contribution >= 0.6 is 0 Å². The number of rotatable bonds is 1. The zero-order valence-corrected chi connectivity index (χ0v) is 10.9. The number of nitrogens with zero attached hydrogens (tertiary/aromatic N) is 1. The Kier molecular flexibility index (Phi) is 5.07. The average molecular weight is 213 g/mol. The number of hydrogen-bond acceptors (Lipinski definition) is 2. The predicted molar refractivity (Wildman–Crippen MR) is 65.2 cm³/mol. The van der Waals surface area contributed by atoms with Crippen molar-refractivity contribution in [3.05, 3.63) is 0 Å². The molecule has 0 saturated carbocycles. The Labute approximate surface area is 95.0 Å². The van der Waals surface area contributed by atoms with Crippen LogP contribution in [0.2, 0.25) is 0 Å². The quantitative estimate of drug-likeness (QED) is 0.664. The van der Waals surface area contributed by atoms with Crippen molar-refractivity contribution in [2.24, 2.45) is 5.41 Å². The van der Waals surface area contributed by atoms with E-state index >= 15 is 0 Å². The molecule has 90 valence electrons. The molecule has 2 aliphatic heterocycles. The smallest absolute Gasteiger partial charge is 0.0579 e. The van der Waals surface area contributed by atoms with Crippen LogP contribution in [0.5, 0.6) is 0 Å². The van der Waals surface area contributed by atoms with Gasteiger partial charge in [0.15, 0.2) is 0 Å². The van der Waals surface area contributed by atoms with Gasteiger partial charge in [0, 0.05) is 0 Å². The molecule has 2 aliphatic rings. The molecule has 2 heteroatoms. The molecule has 0 bridgehead atoms. The maximum Gasteiger partial charge on any atom is 0.0579 e. The Morgan fingerprint density at radius 2 is 1.87 bits per heavy atom. The molecule has 0 aromatic carbocycles. The molecule has 1 spiro atoms. The van der Waals surface area contributed by atoms with Crippen LogP contribution < -0.4 is 0 Å². The molecule has 2 rings (SSSR count). The first-order valence-corrected chi connectivity index (χ1v) is 6.54. The Balaban J connectivity index is 0.000000531. The van der Waals surface area contributed by atoms with E-state index in [9.17, 15) is 0 Å². The van der Waals surface area contributed by atoms with Gasteiger partial charge in [0.25, 0.3) is 0 Å². The molecule has 2 nitrogen and oxygen atoms in total. The molecule has 0 N–H and O–H groups in total. The second kappa shape index (κ2) is 5.86. The maximum absolute atomic E-state index is 5.81. The highest BCUT2D eigenvalue weighted by Gasteiger charge is 2.40. The predicted octanol–water partition coefficient (Wildman–Crippen LogP) is 2.92. The lowest BCUT2D eigenvalue weighted by Gasteiger charge is -2.36. The van der Waals surface area contributed by atoms with E-state index < -0.39 is 0 Å². The molecule has 2 heterocycles. The van der Waals surface area contributed by atoms with E-state index in [1.165, 1.54) is 38.8 Å². The Hall–Kier alpha value is -0.0800. The van der Waals surface area contributed by atoms with E-state index in [0.29, 0.717) is 11.5 Å². The van der Waals surface area contributed by atoms with Crippen molar-refractivity contribution >= 4 is 0 Å². The largest absolute Gasteiger partial charge is 0.378 e. The van der Waals surface area contributed by atoms with Crippen molar-refractivity contribution in [3.8, 4) is 0 Å². The molecule has 0 amide bonds. The Morgan fingerprint density at radius 1 is 1.27 bits per heavy atom. The number of likely N-dealkylation sites (tertiary alicyclic amines) is 1. The second-order valence-corrected chi connectivity index (χ2v) is 4.85. The van der Waals surface area contributed by atoms with E-state index in [2.05, 4.69) is 18.9 Å². The summed E-state index contributed by atoms with van der Waals surface area (Å²) >= 11 is 0. The summed E-state index contributed by atoms with van der Waals surface area (Å²) in [5.41, 5.74) is 0.563. The number of piperidine rings is 1. The molecule has 0 aromatic rings. The first-order chi connectivity index (χ1) is 7.24. The highest BCUT2D eigenvalue weighted by atomic mass is 16.5. The zero-order chi connectivity index (χ0) is 11.3. The fourth-order valence-electron chi connectivity index (χ4n) is 2.60. The van der Waals surface area contributed by atoms with Crippen LogP contribution in [-0.4, -0.2) is 37.7 Å². The van der Waals surface area contributed by atoms with Crippen LogP contribution in [0.15, 0.2) is 0 Å². The van der Waals surface area contributed by atoms with E-state index in [4.69, 9.17) is 4.74 Å². The summed E-state index contributed by atoms with van der Waals surface area (Å²) in [5.74, 6) is 0. The molecular formula is C13H27NO. The second-order valence-electron chi connectivity index (χ2n) is 4.85. The van der Waals surface area contributed by atoms with Gasteiger partial charge in [-0.1, -0.05) is 20.8 Å². The van der Waals surface area contributed by atoms with Gasteiger partial charge in [-0.15, -0.1) is 0 Å². The van der Waals surface area contributed by atoms with Gasteiger partial charge >= 0.3 is 0 Å². The van der Waals surface area contributed by atoms with Crippen LogP contribution in [0.25, 0.3) is 0 Å². The van der Waals surface area contributed by atoms with E-state index in [1.54, 1.807) is 0 Å². The summed E-state index contributed by atoms with van der Waals surface area (Å²) in [4.78, 5) is 2.44. The van der Waals surface area contributed by atoms with Crippen molar-refractivity contribution in [1.82, 2.24) is 4.90 Å². The summed E-state index contributed by atoms with van der Waals surface area (Å²) in [7, 11) is 2.22. The van der Waals surface area contributed by atoms with Gasteiger partial charge < -0.3 is 9.64 Å².